The summed E-state index contributed by atoms with van der Waals surface area (Å²) in [5.74, 6) is -4.00. The molecule has 0 saturated heterocycles. The van der Waals surface area contributed by atoms with Crippen LogP contribution in [0.25, 0.3) is 0 Å². The van der Waals surface area contributed by atoms with Crippen molar-refractivity contribution in [1.82, 2.24) is 0 Å². The number of rotatable bonds is 2. The first-order chi connectivity index (χ1) is 6.07. The van der Waals surface area contributed by atoms with E-state index >= 15 is 0 Å². The van der Waals surface area contributed by atoms with Gasteiger partial charge in [-0.3, -0.25) is 0 Å². The molecule has 0 heterocycles. The summed E-state index contributed by atoms with van der Waals surface area (Å²) in [5.41, 5.74) is -0.727. The molecule has 0 spiro atoms. The van der Waals surface area contributed by atoms with Gasteiger partial charge in [0, 0.05) is 0 Å². The third kappa shape index (κ3) is 1.95. The Morgan fingerprint density at radius 1 is 1.23 bits per heavy atom. The molecule has 0 saturated carbocycles. The van der Waals surface area contributed by atoms with Crippen LogP contribution >= 0.6 is 11.6 Å². The molecular weight excluding hydrogens is 205 g/mol. The Morgan fingerprint density at radius 3 is 2.31 bits per heavy atom. The number of alkyl halides is 1. The molecule has 1 aromatic carbocycles. The summed E-state index contributed by atoms with van der Waals surface area (Å²) in [4.78, 5) is 0. The number of hydrogen-bond acceptors (Lipinski definition) is 1. The minimum absolute atomic E-state index is 0.392. The monoisotopic (exact) mass is 210 g/mol. The zero-order valence-electron chi connectivity index (χ0n) is 6.40. The first kappa shape index (κ1) is 10.3. The predicted molar refractivity (Wildman–Crippen MR) is 42.0 cm³/mol. The second-order valence-corrected chi connectivity index (χ2v) is 2.74. The Balaban J connectivity index is 3.25. The Hall–Kier alpha value is -0.740. The molecule has 0 radical (unpaired) electrons. The first-order valence-electron chi connectivity index (χ1n) is 3.45. The number of aliphatic hydroxyl groups is 1. The van der Waals surface area contributed by atoms with Crippen molar-refractivity contribution in [3.63, 3.8) is 0 Å². The highest BCUT2D eigenvalue weighted by molar-refractivity contribution is 6.18. The fourth-order valence-electron chi connectivity index (χ4n) is 0.925. The van der Waals surface area contributed by atoms with Crippen molar-refractivity contribution >= 4 is 11.6 Å². The smallest absolute Gasteiger partial charge is 0.167 e. The third-order valence-electron chi connectivity index (χ3n) is 1.56. The molecule has 0 aliphatic rings. The van der Waals surface area contributed by atoms with E-state index in [-0.39, 0.29) is 0 Å². The lowest BCUT2D eigenvalue weighted by Crippen LogP contribution is -2.07. The molecule has 72 valence electrons. The van der Waals surface area contributed by atoms with Crippen LogP contribution in [0.2, 0.25) is 0 Å². The van der Waals surface area contributed by atoms with Crippen LogP contribution in [0.4, 0.5) is 13.2 Å². The summed E-state index contributed by atoms with van der Waals surface area (Å²) in [5, 5.41) is 9.04. The van der Waals surface area contributed by atoms with E-state index in [9.17, 15) is 13.2 Å². The summed E-state index contributed by atoms with van der Waals surface area (Å²) in [6.07, 6.45) is -1.53. The van der Waals surface area contributed by atoms with Crippen LogP contribution in [-0.4, -0.2) is 11.0 Å². The van der Waals surface area contributed by atoms with E-state index in [1.165, 1.54) is 0 Å². The molecule has 1 nitrogen and oxygen atoms in total. The maximum atomic E-state index is 12.9. The van der Waals surface area contributed by atoms with E-state index in [4.69, 9.17) is 16.7 Å². The topological polar surface area (TPSA) is 20.2 Å². The van der Waals surface area contributed by atoms with Gasteiger partial charge >= 0.3 is 0 Å². The molecule has 13 heavy (non-hydrogen) atoms. The molecule has 1 rings (SSSR count). The van der Waals surface area contributed by atoms with E-state index in [2.05, 4.69) is 0 Å². The number of benzene rings is 1. The molecule has 0 aliphatic carbocycles. The van der Waals surface area contributed by atoms with Crippen LogP contribution in [0, 0.1) is 17.5 Å². The van der Waals surface area contributed by atoms with E-state index in [0.29, 0.717) is 6.07 Å². The van der Waals surface area contributed by atoms with Crippen LogP contribution < -0.4 is 0 Å². The predicted octanol–water partition coefficient (Wildman–Crippen LogP) is 2.38. The normalized spacial score (nSPS) is 13.0. The van der Waals surface area contributed by atoms with Gasteiger partial charge in [-0.05, 0) is 12.1 Å². The third-order valence-corrected chi connectivity index (χ3v) is 1.85. The van der Waals surface area contributed by atoms with E-state index < -0.39 is 35.0 Å². The summed E-state index contributed by atoms with van der Waals surface area (Å²) >= 11 is 5.18. The maximum Gasteiger partial charge on any atom is 0.167 e. The average molecular weight is 211 g/mol. The molecule has 0 amide bonds. The molecule has 0 unspecified atom stereocenters. The number of aliphatic hydroxyl groups excluding tert-OH is 1. The van der Waals surface area contributed by atoms with Gasteiger partial charge in [-0.25, -0.2) is 13.2 Å². The lowest BCUT2D eigenvalue weighted by Gasteiger charge is -2.09. The maximum absolute atomic E-state index is 12.9. The molecule has 1 N–H and O–H groups in total. The van der Waals surface area contributed by atoms with Crippen LogP contribution in [-0.2, 0) is 0 Å². The lowest BCUT2D eigenvalue weighted by molar-refractivity contribution is 0.190. The van der Waals surface area contributed by atoms with Crippen LogP contribution in [0.15, 0.2) is 12.1 Å². The molecule has 0 bridgehead atoms. The molecule has 5 heteroatoms. The molecule has 0 fully saturated rings. The molecule has 0 aromatic heterocycles. The van der Waals surface area contributed by atoms with E-state index in [1.54, 1.807) is 0 Å². The van der Waals surface area contributed by atoms with Crippen LogP contribution in [0.1, 0.15) is 11.7 Å². The molecule has 1 aromatic rings. The molecule has 1 atom stereocenters. The average Bonchev–Trinajstić information content (AvgIpc) is 2.12. The highest BCUT2D eigenvalue weighted by atomic mass is 35.5. The lowest BCUT2D eigenvalue weighted by atomic mass is 10.1. The van der Waals surface area contributed by atoms with Crippen molar-refractivity contribution in [1.29, 1.82) is 0 Å². The van der Waals surface area contributed by atoms with E-state index in [0.717, 1.165) is 6.07 Å². The van der Waals surface area contributed by atoms with Crippen molar-refractivity contribution in [3.05, 3.63) is 35.1 Å². The fraction of sp³-hybridized carbons (Fsp3) is 0.250. The first-order valence-corrected chi connectivity index (χ1v) is 3.98. The Bertz CT molecular complexity index is 317. The second-order valence-electron chi connectivity index (χ2n) is 2.43. The molecule has 0 aliphatic heterocycles. The van der Waals surface area contributed by atoms with Gasteiger partial charge in [0.2, 0.25) is 0 Å². The van der Waals surface area contributed by atoms with Gasteiger partial charge in [0.25, 0.3) is 0 Å². The van der Waals surface area contributed by atoms with Gasteiger partial charge in [0.15, 0.2) is 11.6 Å². The van der Waals surface area contributed by atoms with Crippen molar-refractivity contribution in [2.75, 3.05) is 5.88 Å². The zero-order chi connectivity index (χ0) is 10.0. The van der Waals surface area contributed by atoms with Gasteiger partial charge in [-0.1, -0.05) is 0 Å². The second kappa shape index (κ2) is 3.98. The van der Waals surface area contributed by atoms with Crippen molar-refractivity contribution in [2.24, 2.45) is 0 Å². The SMILES string of the molecule is O[C@H](CCl)c1c(F)ccc(F)c1F. The van der Waals surface area contributed by atoms with Gasteiger partial charge in [-0.15, -0.1) is 11.6 Å². The summed E-state index contributed by atoms with van der Waals surface area (Å²) in [6, 6.07) is 1.39. The Morgan fingerprint density at radius 2 is 1.77 bits per heavy atom. The summed E-state index contributed by atoms with van der Waals surface area (Å²) < 4.78 is 38.3. The van der Waals surface area contributed by atoms with Crippen LogP contribution in [0.5, 0.6) is 0 Å². The number of halogens is 4. The van der Waals surface area contributed by atoms with Crippen molar-refractivity contribution in [3.8, 4) is 0 Å². The Kier molecular flexibility index (Phi) is 3.17. The van der Waals surface area contributed by atoms with Crippen molar-refractivity contribution in [2.45, 2.75) is 6.10 Å². The zero-order valence-corrected chi connectivity index (χ0v) is 7.15. The standard InChI is InChI=1S/C8H6ClF3O/c9-3-6(13)7-4(10)1-2-5(11)8(7)12/h1-2,6,13H,3H2/t6-/m1/s1. The largest absolute Gasteiger partial charge is 0.387 e. The quantitative estimate of drug-likeness (QED) is 0.587. The highest BCUT2D eigenvalue weighted by Crippen LogP contribution is 2.23. The minimum Gasteiger partial charge on any atom is -0.387 e. The number of hydrogen-bond donors (Lipinski definition) is 1. The van der Waals surface area contributed by atoms with E-state index in [1.807, 2.05) is 0 Å². The summed E-state index contributed by atoms with van der Waals surface area (Å²) in [6.45, 7) is 0. The summed E-state index contributed by atoms with van der Waals surface area (Å²) in [7, 11) is 0. The molecular formula is C8H6ClF3O. The highest BCUT2D eigenvalue weighted by Gasteiger charge is 2.19. The van der Waals surface area contributed by atoms with Gasteiger partial charge in [0.1, 0.15) is 5.82 Å². The van der Waals surface area contributed by atoms with Gasteiger partial charge in [0.05, 0.1) is 17.5 Å². The minimum atomic E-state index is -1.53. The van der Waals surface area contributed by atoms with Crippen LogP contribution in [0.3, 0.4) is 0 Å². The Labute approximate surface area is 77.8 Å². The van der Waals surface area contributed by atoms with Gasteiger partial charge < -0.3 is 5.11 Å². The fourth-order valence-corrected chi connectivity index (χ4v) is 1.08. The van der Waals surface area contributed by atoms with Gasteiger partial charge in [-0.2, -0.15) is 0 Å². The van der Waals surface area contributed by atoms with Crippen molar-refractivity contribution < 1.29 is 18.3 Å².